The molecule has 0 radical (unpaired) electrons. The summed E-state index contributed by atoms with van der Waals surface area (Å²) < 4.78 is 0. The third-order valence-corrected chi connectivity index (χ3v) is 3.23. The van der Waals surface area contributed by atoms with Crippen LogP contribution in [0.3, 0.4) is 0 Å². The van der Waals surface area contributed by atoms with Crippen molar-refractivity contribution in [1.82, 2.24) is 5.32 Å². The molecule has 0 bridgehead atoms. The number of hydrogen-bond donors (Lipinski definition) is 1. The highest BCUT2D eigenvalue weighted by Gasteiger charge is 2.35. The second kappa shape index (κ2) is 5.03. The first-order valence-electron chi connectivity index (χ1n) is 5.29. The maximum atomic E-state index is 9.09. The summed E-state index contributed by atoms with van der Waals surface area (Å²) in [5.41, 5.74) is 0.129. The summed E-state index contributed by atoms with van der Waals surface area (Å²) in [6, 6.07) is 2.26. The van der Waals surface area contributed by atoms with Gasteiger partial charge < -0.3 is 0 Å². The van der Waals surface area contributed by atoms with Crippen molar-refractivity contribution in [3.05, 3.63) is 0 Å². The molecule has 1 unspecified atom stereocenters. The summed E-state index contributed by atoms with van der Waals surface area (Å²) in [4.78, 5) is 0. The van der Waals surface area contributed by atoms with Gasteiger partial charge in [-0.25, -0.2) is 0 Å². The van der Waals surface area contributed by atoms with Crippen LogP contribution in [0.5, 0.6) is 0 Å². The Hall–Kier alpha value is -0.990. The van der Waals surface area contributed by atoms with Crippen LogP contribution in [0.15, 0.2) is 0 Å². The lowest BCUT2D eigenvalue weighted by Crippen LogP contribution is -2.43. The van der Waals surface area contributed by atoms with E-state index in [1.54, 1.807) is 0 Å². The molecule has 2 nitrogen and oxygen atoms in total. The molecule has 1 atom stereocenters. The van der Waals surface area contributed by atoms with Gasteiger partial charge >= 0.3 is 0 Å². The van der Waals surface area contributed by atoms with Gasteiger partial charge in [0.15, 0.2) is 0 Å². The molecule has 1 N–H and O–H groups in total. The van der Waals surface area contributed by atoms with Crippen molar-refractivity contribution < 1.29 is 0 Å². The number of nitrogens with one attached hydrogen (secondary N) is 1. The summed E-state index contributed by atoms with van der Waals surface area (Å²) in [6.07, 6.45) is 11.3. The highest BCUT2D eigenvalue weighted by Crippen LogP contribution is 2.38. The number of rotatable bonds is 3. The van der Waals surface area contributed by atoms with Crippen LogP contribution < -0.4 is 5.32 Å². The summed E-state index contributed by atoms with van der Waals surface area (Å²) >= 11 is 0. The third-order valence-electron chi connectivity index (χ3n) is 3.23. The molecule has 0 amide bonds. The Morgan fingerprint density at radius 2 is 2.07 bits per heavy atom. The minimum atomic E-state index is -0.0844. The lowest BCUT2D eigenvalue weighted by atomic mass is 9.71. The van der Waals surface area contributed by atoms with Crippen LogP contribution in [0, 0.1) is 29.1 Å². The molecule has 76 valence electrons. The second-order valence-corrected chi connectivity index (χ2v) is 4.36. The lowest BCUT2D eigenvalue weighted by Gasteiger charge is -2.37. The molecular weight excluding hydrogens is 172 g/mol. The maximum Gasteiger partial charge on any atom is 0.101 e. The van der Waals surface area contributed by atoms with Crippen LogP contribution in [-0.4, -0.2) is 12.6 Å². The van der Waals surface area contributed by atoms with Crippen molar-refractivity contribution in [3.8, 4) is 18.4 Å². The lowest BCUT2D eigenvalue weighted by molar-refractivity contribution is 0.177. The molecule has 0 aromatic carbocycles. The van der Waals surface area contributed by atoms with Gasteiger partial charge in [0.1, 0.15) is 6.04 Å². The van der Waals surface area contributed by atoms with Gasteiger partial charge in [-0.3, -0.25) is 5.32 Å². The van der Waals surface area contributed by atoms with E-state index in [2.05, 4.69) is 24.2 Å². The first-order chi connectivity index (χ1) is 6.73. The molecule has 1 saturated carbocycles. The highest BCUT2D eigenvalue weighted by molar-refractivity contribution is 5.04. The van der Waals surface area contributed by atoms with Crippen molar-refractivity contribution in [1.29, 1.82) is 5.26 Å². The zero-order chi connectivity index (χ0) is 10.4. The van der Waals surface area contributed by atoms with E-state index in [9.17, 15) is 0 Å². The smallest absolute Gasteiger partial charge is 0.101 e. The van der Waals surface area contributed by atoms with Gasteiger partial charge in [0.2, 0.25) is 0 Å². The molecule has 1 fully saturated rings. The fourth-order valence-electron chi connectivity index (χ4n) is 2.26. The first kappa shape index (κ1) is 11.1. The van der Waals surface area contributed by atoms with Crippen molar-refractivity contribution in [2.24, 2.45) is 5.41 Å². The van der Waals surface area contributed by atoms with Crippen LogP contribution in [0.25, 0.3) is 0 Å². The highest BCUT2D eigenvalue weighted by atomic mass is 14.9. The van der Waals surface area contributed by atoms with E-state index in [4.69, 9.17) is 11.7 Å². The van der Waals surface area contributed by atoms with Crippen LogP contribution in [0.1, 0.15) is 39.0 Å². The molecule has 0 aromatic heterocycles. The Bertz CT molecular complexity index is 250. The predicted molar refractivity (Wildman–Crippen MR) is 57.4 cm³/mol. The topological polar surface area (TPSA) is 35.8 Å². The number of terminal acetylenes is 1. The van der Waals surface area contributed by atoms with Gasteiger partial charge in [-0.05, 0) is 18.3 Å². The van der Waals surface area contributed by atoms with Crippen molar-refractivity contribution in [2.45, 2.75) is 45.1 Å². The van der Waals surface area contributed by atoms with Crippen LogP contribution in [0.4, 0.5) is 0 Å². The largest absolute Gasteiger partial charge is 0.291 e. The van der Waals surface area contributed by atoms with E-state index in [1.165, 1.54) is 19.3 Å². The molecule has 0 saturated heterocycles. The zero-order valence-corrected chi connectivity index (χ0v) is 8.84. The van der Waals surface area contributed by atoms with Gasteiger partial charge in [-0.15, -0.1) is 6.42 Å². The second-order valence-electron chi connectivity index (χ2n) is 4.36. The normalized spacial score (nSPS) is 21.9. The van der Waals surface area contributed by atoms with E-state index in [1.807, 2.05) is 0 Å². The van der Waals surface area contributed by atoms with Crippen LogP contribution >= 0.6 is 0 Å². The molecule has 2 heteroatoms. The number of hydrogen-bond acceptors (Lipinski definition) is 2. The van der Waals surface area contributed by atoms with Crippen molar-refractivity contribution >= 4 is 0 Å². The van der Waals surface area contributed by atoms with E-state index in [0.717, 1.165) is 12.8 Å². The monoisotopic (exact) mass is 190 g/mol. The quantitative estimate of drug-likeness (QED) is 0.691. The number of nitrogens with zero attached hydrogens (tertiary/aromatic N) is 1. The van der Waals surface area contributed by atoms with Gasteiger partial charge in [-0.1, -0.05) is 32.1 Å². The summed E-state index contributed by atoms with van der Waals surface area (Å²) in [7, 11) is 0. The van der Waals surface area contributed by atoms with Gasteiger partial charge in [0.05, 0.1) is 12.6 Å². The zero-order valence-electron chi connectivity index (χ0n) is 8.84. The Morgan fingerprint density at radius 3 is 2.57 bits per heavy atom. The summed E-state index contributed by atoms with van der Waals surface area (Å²) in [5, 5.41) is 12.2. The molecule has 1 aliphatic carbocycles. The Morgan fingerprint density at radius 1 is 1.43 bits per heavy atom. The Labute approximate surface area is 86.7 Å². The standard InChI is InChI=1S/C12H18N2/c1-3-9-14-11(10-13)12(2)7-5-4-6-8-12/h1,11,14H,4-9H2,2H3. The van der Waals surface area contributed by atoms with Gasteiger partial charge in [0, 0.05) is 0 Å². The average Bonchev–Trinajstić information content (AvgIpc) is 2.20. The minimum Gasteiger partial charge on any atom is -0.291 e. The molecule has 0 aliphatic heterocycles. The molecule has 0 heterocycles. The van der Waals surface area contributed by atoms with Gasteiger partial charge in [0.25, 0.3) is 0 Å². The van der Waals surface area contributed by atoms with Crippen molar-refractivity contribution in [3.63, 3.8) is 0 Å². The fraction of sp³-hybridized carbons (Fsp3) is 0.750. The fourth-order valence-corrected chi connectivity index (χ4v) is 2.26. The first-order valence-corrected chi connectivity index (χ1v) is 5.29. The molecule has 14 heavy (non-hydrogen) atoms. The Kier molecular flexibility index (Phi) is 3.98. The van der Waals surface area contributed by atoms with Crippen molar-refractivity contribution in [2.75, 3.05) is 6.54 Å². The average molecular weight is 190 g/mol. The summed E-state index contributed by atoms with van der Waals surface area (Å²) in [6.45, 7) is 2.69. The molecule has 0 spiro atoms. The Balaban J connectivity index is 2.58. The van der Waals surface area contributed by atoms with Crippen LogP contribution in [0.2, 0.25) is 0 Å². The van der Waals surface area contributed by atoms with E-state index < -0.39 is 0 Å². The van der Waals surface area contributed by atoms with E-state index in [-0.39, 0.29) is 11.5 Å². The molecule has 1 rings (SSSR count). The minimum absolute atomic E-state index is 0.0844. The molecule has 0 aromatic rings. The van der Waals surface area contributed by atoms with E-state index in [0.29, 0.717) is 6.54 Å². The molecular formula is C12H18N2. The molecule has 1 aliphatic rings. The summed E-state index contributed by atoms with van der Waals surface area (Å²) in [5.74, 6) is 2.53. The predicted octanol–water partition coefficient (Wildman–Crippen LogP) is 2.07. The number of nitriles is 1. The SMILES string of the molecule is C#CCNC(C#N)C1(C)CCCCC1. The third kappa shape index (κ3) is 2.50. The maximum absolute atomic E-state index is 9.09. The van der Waals surface area contributed by atoms with Gasteiger partial charge in [-0.2, -0.15) is 5.26 Å². The van der Waals surface area contributed by atoms with E-state index >= 15 is 0 Å². The van der Waals surface area contributed by atoms with Crippen LogP contribution in [-0.2, 0) is 0 Å².